The number of methoxy groups -OCH3 is 1. The van der Waals surface area contributed by atoms with E-state index in [4.69, 9.17) is 14.2 Å². The van der Waals surface area contributed by atoms with Crippen LogP contribution < -0.4 is 10.6 Å². The zero-order valence-corrected chi connectivity index (χ0v) is 30.1. The van der Waals surface area contributed by atoms with Gasteiger partial charge in [0.15, 0.2) is 6.29 Å². The third kappa shape index (κ3) is 8.57. The molecule has 0 aromatic heterocycles. The Morgan fingerprint density at radius 3 is 2.28 bits per heavy atom. The van der Waals surface area contributed by atoms with Gasteiger partial charge < -0.3 is 30.0 Å². The predicted octanol–water partition coefficient (Wildman–Crippen LogP) is 6.45. The number of urea groups is 1. The summed E-state index contributed by atoms with van der Waals surface area (Å²) < 4.78 is 18.5. The van der Waals surface area contributed by atoms with Crippen molar-refractivity contribution >= 4 is 12.0 Å². The first-order chi connectivity index (χ1) is 23.9. The van der Waals surface area contributed by atoms with Gasteiger partial charge in [-0.15, -0.1) is 0 Å². The van der Waals surface area contributed by atoms with Gasteiger partial charge in [0.05, 0.1) is 25.9 Å². The Morgan fingerprint density at radius 1 is 0.920 bits per heavy atom. The van der Waals surface area contributed by atoms with Crippen LogP contribution in [0.1, 0.15) is 87.2 Å². The van der Waals surface area contributed by atoms with E-state index in [0.717, 1.165) is 40.9 Å². The van der Waals surface area contributed by atoms with Gasteiger partial charge in [0.2, 0.25) is 0 Å². The van der Waals surface area contributed by atoms with Crippen molar-refractivity contribution < 1.29 is 28.9 Å². The molecule has 2 amide bonds. The number of nitrogens with zero attached hydrogens (tertiary/aromatic N) is 1. The number of rotatable bonds is 11. The monoisotopic (exact) mass is 683 g/mol. The lowest BCUT2D eigenvalue weighted by atomic mass is 9.65. The van der Waals surface area contributed by atoms with Gasteiger partial charge in [0, 0.05) is 43.6 Å². The lowest BCUT2D eigenvalue weighted by molar-refractivity contribution is -0.276. The van der Waals surface area contributed by atoms with Crippen LogP contribution in [0.3, 0.4) is 0 Å². The first kappa shape index (κ1) is 36.0. The van der Waals surface area contributed by atoms with E-state index >= 15 is 0 Å². The van der Waals surface area contributed by atoms with E-state index in [-0.39, 0.29) is 31.3 Å². The van der Waals surface area contributed by atoms with Crippen LogP contribution in [0, 0.1) is 16.7 Å². The number of nitrogens with one attached hydrogen (secondary N) is 2. The molecule has 0 spiro atoms. The fourth-order valence-corrected chi connectivity index (χ4v) is 8.72. The minimum Gasteiger partial charge on any atom is -0.467 e. The fraction of sp³-hybridized carbons (Fsp3) is 0.512. The molecule has 3 aromatic carbocycles. The van der Waals surface area contributed by atoms with Crippen molar-refractivity contribution in [1.29, 1.82) is 0 Å². The summed E-state index contributed by atoms with van der Waals surface area (Å²) in [5.74, 6) is -0.382. The summed E-state index contributed by atoms with van der Waals surface area (Å²) in [4.78, 5) is 27.9. The summed E-state index contributed by atoms with van der Waals surface area (Å²) in [6.07, 6.45) is 3.26. The van der Waals surface area contributed by atoms with E-state index in [1.54, 1.807) is 0 Å². The SMILES string of the molecule is COC(=O)[C@H](Cc1ccccc1)NC(=O)NCc1ccc([C@H]2O[C@@H](CN3CC4(C)CC3CC(C)(C)C4)[C@@H](C)[C@@H](c3ccc(CO)cc3)O2)cc1. The number of hydrogen-bond acceptors (Lipinski definition) is 7. The van der Waals surface area contributed by atoms with Crippen molar-refractivity contribution in [2.75, 3.05) is 20.2 Å². The van der Waals surface area contributed by atoms with Crippen LogP contribution in [0.5, 0.6) is 0 Å². The van der Waals surface area contributed by atoms with Gasteiger partial charge in [-0.2, -0.15) is 0 Å². The van der Waals surface area contributed by atoms with Crippen molar-refractivity contribution in [3.8, 4) is 0 Å². The van der Waals surface area contributed by atoms with Gasteiger partial charge in [0.1, 0.15) is 6.04 Å². The Labute approximate surface area is 296 Å². The van der Waals surface area contributed by atoms with E-state index in [1.807, 2.05) is 66.7 Å². The minimum absolute atomic E-state index is 0.00357. The molecule has 6 rings (SSSR count). The molecule has 2 bridgehead atoms. The smallest absolute Gasteiger partial charge is 0.328 e. The van der Waals surface area contributed by atoms with Crippen molar-refractivity contribution in [1.82, 2.24) is 15.5 Å². The molecule has 2 heterocycles. The highest BCUT2D eigenvalue weighted by atomic mass is 16.7. The average Bonchev–Trinajstić information content (AvgIpc) is 3.35. The molecule has 2 unspecified atom stereocenters. The summed E-state index contributed by atoms with van der Waals surface area (Å²) in [5.41, 5.74) is 5.36. The van der Waals surface area contributed by atoms with E-state index in [9.17, 15) is 14.7 Å². The molecule has 7 atom stereocenters. The van der Waals surface area contributed by atoms with Crippen LogP contribution in [0.4, 0.5) is 4.79 Å². The number of carbonyl (C=O) groups is 2. The van der Waals surface area contributed by atoms with Crippen LogP contribution in [-0.4, -0.2) is 60.4 Å². The molecular formula is C41H53N3O6. The summed E-state index contributed by atoms with van der Waals surface area (Å²) >= 11 is 0. The summed E-state index contributed by atoms with van der Waals surface area (Å²) in [7, 11) is 1.32. The highest BCUT2D eigenvalue weighted by Crippen LogP contribution is 2.53. The maximum Gasteiger partial charge on any atom is 0.328 e. The van der Waals surface area contributed by atoms with Gasteiger partial charge >= 0.3 is 12.0 Å². The Kier molecular flexibility index (Phi) is 11.0. The van der Waals surface area contributed by atoms with Gasteiger partial charge in [-0.3, -0.25) is 4.90 Å². The topological polar surface area (TPSA) is 109 Å². The molecule has 1 saturated carbocycles. The second-order valence-corrected chi connectivity index (χ2v) is 15.8. The summed E-state index contributed by atoms with van der Waals surface area (Å²) in [5, 5.41) is 15.3. The molecule has 9 nitrogen and oxygen atoms in total. The van der Waals surface area contributed by atoms with E-state index in [2.05, 4.69) is 55.4 Å². The van der Waals surface area contributed by atoms with Crippen LogP contribution in [0.2, 0.25) is 0 Å². The van der Waals surface area contributed by atoms with Crippen molar-refractivity contribution in [2.45, 2.75) is 97.1 Å². The summed E-state index contributed by atoms with van der Waals surface area (Å²) in [6.45, 7) is 11.7. The predicted molar refractivity (Wildman–Crippen MR) is 192 cm³/mol. The maximum absolute atomic E-state index is 12.8. The zero-order chi connectivity index (χ0) is 35.5. The molecule has 3 fully saturated rings. The standard InChI is InChI=1S/C41H53N3O6/c1-27-35(23-44-26-41(4)21-33(44)20-40(2,3)25-41)49-38(50-36(27)31-15-13-30(24-45)14-16-31)32-17-11-29(12-18-32)22-42-39(47)43-34(37(46)48-5)19-28-9-7-6-8-10-28/h6-18,27,33-36,38,45H,19-26H2,1-5H3,(H2,42,43,47)/t27-,33?,34+,35+,36+,38+,41?/m1/s1. The molecule has 268 valence electrons. The molecule has 2 saturated heterocycles. The Balaban J connectivity index is 1.13. The van der Waals surface area contributed by atoms with Gasteiger partial charge in [-0.25, -0.2) is 9.59 Å². The maximum atomic E-state index is 12.8. The second kappa shape index (κ2) is 15.2. The van der Waals surface area contributed by atoms with Gasteiger partial charge in [0.25, 0.3) is 0 Å². The lowest BCUT2D eigenvalue weighted by Gasteiger charge is -2.43. The fourth-order valence-electron chi connectivity index (χ4n) is 8.72. The number of ether oxygens (including phenoxy) is 3. The van der Waals surface area contributed by atoms with Crippen LogP contribution in [-0.2, 0) is 38.6 Å². The Bertz CT molecular complexity index is 1600. The largest absolute Gasteiger partial charge is 0.467 e. The van der Waals surface area contributed by atoms with E-state index in [1.165, 1.54) is 26.4 Å². The van der Waals surface area contributed by atoms with Crippen molar-refractivity contribution in [2.24, 2.45) is 16.7 Å². The number of aliphatic hydroxyl groups is 1. The first-order valence-electron chi connectivity index (χ1n) is 17.9. The molecule has 9 heteroatoms. The quantitative estimate of drug-likeness (QED) is 0.199. The molecule has 2 aliphatic heterocycles. The van der Waals surface area contributed by atoms with Crippen molar-refractivity contribution in [3.05, 3.63) is 107 Å². The third-order valence-electron chi connectivity index (χ3n) is 10.8. The molecule has 3 aromatic rings. The number of likely N-dealkylation sites (tertiary alicyclic amines) is 1. The van der Waals surface area contributed by atoms with Gasteiger partial charge in [-0.05, 0) is 52.3 Å². The Hall–Kier alpha value is -3.76. The highest BCUT2D eigenvalue weighted by molar-refractivity contribution is 5.83. The van der Waals surface area contributed by atoms with Crippen LogP contribution in [0.25, 0.3) is 0 Å². The summed E-state index contributed by atoms with van der Waals surface area (Å²) in [6, 6.07) is 24.8. The third-order valence-corrected chi connectivity index (χ3v) is 10.8. The number of carbonyl (C=O) groups excluding carboxylic acids is 2. The number of fused-ring (bicyclic) bond motifs is 2. The molecule has 1 aliphatic carbocycles. The number of esters is 1. The number of aliphatic hydroxyl groups excluding tert-OH is 1. The van der Waals surface area contributed by atoms with Crippen molar-refractivity contribution in [3.63, 3.8) is 0 Å². The van der Waals surface area contributed by atoms with Crippen LogP contribution in [0.15, 0.2) is 78.9 Å². The average molecular weight is 684 g/mol. The first-order valence-corrected chi connectivity index (χ1v) is 17.9. The molecule has 50 heavy (non-hydrogen) atoms. The molecular weight excluding hydrogens is 630 g/mol. The lowest BCUT2D eigenvalue weighted by Crippen LogP contribution is -2.47. The van der Waals surface area contributed by atoms with E-state index in [0.29, 0.717) is 23.3 Å². The molecule has 3 aliphatic rings. The Morgan fingerprint density at radius 2 is 1.60 bits per heavy atom. The molecule has 3 N–H and O–H groups in total. The minimum atomic E-state index is -0.803. The van der Waals surface area contributed by atoms with Crippen LogP contribution >= 0.6 is 0 Å². The normalized spacial score (nSPS) is 28.1. The number of amides is 2. The zero-order valence-electron chi connectivity index (χ0n) is 30.1. The number of benzene rings is 3. The highest BCUT2D eigenvalue weighted by Gasteiger charge is 2.51. The molecule has 0 radical (unpaired) electrons. The van der Waals surface area contributed by atoms with Gasteiger partial charge in [-0.1, -0.05) is 107 Å². The number of hydrogen-bond donors (Lipinski definition) is 3. The van der Waals surface area contributed by atoms with E-state index < -0.39 is 24.3 Å². The second-order valence-electron chi connectivity index (χ2n) is 15.8.